The van der Waals surface area contributed by atoms with E-state index in [4.69, 9.17) is 11.6 Å². The summed E-state index contributed by atoms with van der Waals surface area (Å²) in [6.07, 6.45) is 5.40. The number of thioether (sulfide) groups is 1. The molecule has 2 atom stereocenters. The van der Waals surface area contributed by atoms with Gasteiger partial charge in [0.1, 0.15) is 0 Å². The van der Waals surface area contributed by atoms with E-state index in [2.05, 4.69) is 24.5 Å². The number of nitrogens with one attached hydrogen (secondary N) is 1. The first kappa shape index (κ1) is 13.3. The lowest BCUT2D eigenvalue weighted by Gasteiger charge is -2.18. The second kappa shape index (κ2) is 6.67. The standard InChI is InChI=1S/C14H20ClNS/c1-16-13-7-4-5-11(13)9-10-17-14-8-3-2-6-12(14)15/h2-3,6,8,11,13,16H,4-5,7,9-10H2,1H3. The Bertz CT molecular complexity index is 356. The molecule has 0 heterocycles. The number of hydrogen-bond donors (Lipinski definition) is 1. The molecule has 0 saturated heterocycles. The van der Waals surface area contributed by atoms with Crippen molar-refractivity contribution in [2.45, 2.75) is 36.6 Å². The number of hydrogen-bond acceptors (Lipinski definition) is 2. The van der Waals surface area contributed by atoms with Crippen molar-refractivity contribution in [3.05, 3.63) is 29.3 Å². The second-order valence-corrected chi connectivity index (χ2v) is 6.20. The highest BCUT2D eigenvalue weighted by Gasteiger charge is 2.25. The fourth-order valence-corrected chi connectivity index (χ4v) is 3.97. The molecule has 0 aromatic heterocycles. The van der Waals surface area contributed by atoms with Crippen molar-refractivity contribution in [1.29, 1.82) is 0 Å². The molecule has 1 nitrogen and oxygen atoms in total. The molecular weight excluding hydrogens is 250 g/mol. The van der Waals surface area contributed by atoms with Crippen LogP contribution < -0.4 is 5.32 Å². The van der Waals surface area contributed by atoms with Gasteiger partial charge < -0.3 is 5.32 Å². The van der Waals surface area contributed by atoms with Crippen LogP contribution in [0.5, 0.6) is 0 Å². The van der Waals surface area contributed by atoms with Gasteiger partial charge in [-0.05, 0) is 50.1 Å². The summed E-state index contributed by atoms with van der Waals surface area (Å²) in [6.45, 7) is 0. The zero-order chi connectivity index (χ0) is 12.1. The van der Waals surface area contributed by atoms with Crippen LogP contribution in [0.25, 0.3) is 0 Å². The fourth-order valence-electron chi connectivity index (χ4n) is 2.64. The third-order valence-electron chi connectivity index (χ3n) is 3.61. The SMILES string of the molecule is CNC1CCCC1CCSc1ccccc1Cl. The molecule has 1 aliphatic rings. The number of benzene rings is 1. The van der Waals surface area contributed by atoms with Crippen molar-refractivity contribution in [1.82, 2.24) is 5.32 Å². The molecule has 1 saturated carbocycles. The van der Waals surface area contributed by atoms with E-state index < -0.39 is 0 Å². The Morgan fingerprint density at radius 3 is 2.94 bits per heavy atom. The van der Waals surface area contributed by atoms with Crippen molar-refractivity contribution in [2.75, 3.05) is 12.8 Å². The van der Waals surface area contributed by atoms with Gasteiger partial charge in [-0.1, -0.05) is 30.2 Å². The summed E-state index contributed by atoms with van der Waals surface area (Å²) in [6, 6.07) is 8.86. The summed E-state index contributed by atoms with van der Waals surface area (Å²) in [5.74, 6) is 2.03. The zero-order valence-electron chi connectivity index (χ0n) is 10.3. The Kier molecular flexibility index (Phi) is 5.20. The Labute approximate surface area is 113 Å². The third kappa shape index (κ3) is 3.64. The minimum Gasteiger partial charge on any atom is -0.317 e. The molecule has 1 aromatic rings. The Balaban J connectivity index is 1.78. The van der Waals surface area contributed by atoms with E-state index in [0.717, 1.165) is 17.0 Å². The second-order valence-electron chi connectivity index (χ2n) is 4.65. The number of rotatable bonds is 5. The van der Waals surface area contributed by atoms with Gasteiger partial charge in [0.2, 0.25) is 0 Å². The first-order valence-corrected chi connectivity index (χ1v) is 7.72. The van der Waals surface area contributed by atoms with Crippen molar-refractivity contribution in [3.63, 3.8) is 0 Å². The largest absolute Gasteiger partial charge is 0.317 e. The highest BCUT2D eigenvalue weighted by atomic mass is 35.5. The molecule has 0 radical (unpaired) electrons. The zero-order valence-corrected chi connectivity index (χ0v) is 11.9. The Morgan fingerprint density at radius 2 is 2.18 bits per heavy atom. The molecule has 0 bridgehead atoms. The molecular formula is C14H20ClNS. The van der Waals surface area contributed by atoms with Crippen LogP contribution in [0.15, 0.2) is 29.2 Å². The van der Waals surface area contributed by atoms with Crippen LogP contribution >= 0.6 is 23.4 Å². The van der Waals surface area contributed by atoms with Crippen molar-refractivity contribution in [3.8, 4) is 0 Å². The maximum atomic E-state index is 6.14. The Morgan fingerprint density at radius 1 is 1.35 bits per heavy atom. The van der Waals surface area contributed by atoms with Gasteiger partial charge in [-0.25, -0.2) is 0 Å². The van der Waals surface area contributed by atoms with Crippen LogP contribution in [-0.2, 0) is 0 Å². The average Bonchev–Trinajstić information content (AvgIpc) is 2.79. The van der Waals surface area contributed by atoms with Gasteiger partial charge in [0, 0.05) is 10.9 Å². The summed E-state index contributed by atoms with van der Waals surface area (Å²) in [4.78, 5) is 1.22. The van der Waals surface area contributed by atoms with Gasteiger partial charge in [0.15, 0.2) is 0 Å². The third-order valence-corrected chi connectivity index (χ3v) is 5.16. The summed E-state index contributed by atoms with van der Waals surface area (Å²) in [5, 5.41) is 4.32. The molecule has 2 rings (SSSR count). The van der Waals surface area contributed by atoms with E-state index in [1.54, 1.807) is 0 Å². The predicted molar refractivity (Wildman–Crippen MR) is 77.0 cm³/mol. The summed E-state index contributed by atoms with van der Waals surface area (Å²) in [7, 11) is 2.09. The first-order chi connectivity index (χ1) is 8.31. The molecule has 0 spiro atoms. The van der Waals surface area contributed by atoms with Crippen LogP contribution in [0.1, 0.15) is 25.7 Å². The van der Waals surface area contributed by atoms with Gasteiger partial charge in [0.05, 0.1) is 5.02 Å². The average molecular weight is 270 g/mol. The minimum absolute atomic E-state index is 0.738. The van der Waals surface area contributed by atoms with Gasteiger partial charge >= 0.3 is 0 Å². The quantitative estimate of drug-likeness (QED) is 0.804. The van der Waals surface area contributed by atoms with E-state index in [1.807, 2.05) is 23.9 Å². The van der Waals surface area contributed by atoms with E-state index in [9.17, 15) is 0 Å². The molecule has 94 valence electrons. The molecule has 1 aliphatic carbocycles. The summed E-state index contributed by atoms with van der Waals surface area (Å²) < 4.78 is 0. The summed E-state index contributed by atoms with van der Waals surface area (Å²) >= 11 is 8.03. The fraction of sp³-hybridized carbons (Fsp3) is 0.571. The normalized spacial score (nSPS) is 24.1. The van der Waals surface area contributed by atoms with E-state index >= 15 is 0 Å². The summed E-state index contributed by atoms with van der Waals surface area (Å²) in [5.41, 5.74) is 0. The lowest BCUT2D eigenvalue weighted by atomic mass is 10.0. The minimum atomic E-state index is 0.738. The van der Waals surface area contributed by atoms with Crippen LogP contribution in [-0.4, -0.2) is 18.8 Å². The molecule has 2 unspecified atom stereocenters. The van der Waals surface area contributed by atoms with Crippen molar-refractivity contribution < 1.29 is 0 Å². The molecule has 0 amide bonds. The van der Waals surface area contributed by atoms with Crippen LogP contribution in [0.4, 0.5) is 0 Å². The van der Waals surface area contributed by atoms with Crippen LogP contribution in [0.3, 0.4) is 0 Å². The smallest absolute Gasteiger partial charge is 0.0541 e. The molecule has 1 N–H and O–H groups in total. The van der Waals surface area contributed by atoms with Gasteiger partial charge in [-0.3, -0.25) is 0 Å². The first-order valence-electron chi connectivity index (χ1n) is 6.36. The van der Waals surface area contributed by atoms with Gasteiger partial charge in [0.25, 0.3) is 0 Å². The Hall–Kier alpha value is -0.180. The van der Waals surface area contributed by atoms with Crippen LogP contribution in [0.2, 0.25) is 5.02 Å². The van der Waals surface area contributed by atoms with E-state index in [-0.39, 0.29) is 0 Å². The van der Waals surface area contributed by atoms with Crippen LogP contribution in [0, 0.1) is 5.92 Å². The molecule has 3 heteroatoms. The molecule has 17 heavy (non-hydrogen) atoms. The molecule has 1 aromatic carbocycles. The van der Waals surface area contributed by atoms with Crippen molar-refractivity contribution in [2.24, 2.45) is 5.92 Å². The topological polar surface area (TPSA) is 12.0 Å². The van der Waals surface area contributed by atoms with Gasteiger partial charge in [-0.2, -0.15) is 0 Å². The molecule has 1 fully saturated rings. The van der Waals surface area contributed by atoms with E-state index in [1.165, 1.54) is 36.3 Å². The molecule has 0 aliphatic heterocycles. The maximum absolute atomic E-state index is 6.14. The van der Waals surface area contributed by atoms with E-state index in [0.29, 0.717) is 0 Å². The monoisotopic (exact) mass is 269 g/mol. The highest BCUT2D eigenvalue weighted by Crippen LogP contribution is 2.32. The maximum Gasteiger partial charge on any atom is 0.0541 e. The van der Waals surface area contributed by atoms with Crippen molar-refractivity contribution >= 4 is 23.4 Å². The van der Waals surface area contributed by atoms with Gasteiger partial charge in [-0.15, -0.1) is 11.8 Å². The lowest BCUT2D eigenvalue weighted by molar-refractivity contribution is 0.417. The lowest BCUT2D eigenvalue weighted by Crippen LogP contribution is -2.29. The predicted octanol–water partition coefficient (Wildman–Crippen LogP) is 4.21. The number of halogens is 1. The highest BCUT2D eigenvalue weighted by molar-refractivity contribution is 7.99.